The van der Waals surface area contributed by atoms with Crippen LogP contribution >= 0.6 is 0 Å². The summed E-state index contributed by atoms with van der Waals surface area (Å²) in [7, 11) is 0. The van der Waals surface area contributed by atoms with Gasteiger partial charge in [-0.1, -0.05) is 6.07 Å². The van der Waals surface area contributed by atoms with Crippen LogP contribution in [0, 0.1) is 15.9 Å². The SMILES string of the molecule is O=C(c1cccc(F)c1)N1CCN(c2ccc([N+](=O)[O-])c(NCC3CCCO3)c2)CC1. The first-order chi connectivity index (χ1) is 15.0. The lowest BCUT2D eigenvalue weighted by molar-refractivity contribution is -0.383. The Morgan fingerprint density at radius 1 is 1.19 bits per heavy atom. The molecule has 4 rings (SSSR count). The van der Waals surface area contributed by atoms with Crippen LogP contribution in [-0.2, 0) is 4.74 Å². The zero-order valence-electron chi connectivity index (χ0n) is 17.1. The van der Waals surface area contributed by atoms with Crippen molar-refractivity contribution in [3.05, 3.63) is 64.0 Å². The third-order valence-corrected chi connectivity index (χ3v) is 5.72. The number of benzene rings is 2. The van der Waals surface area contributed by atoms with Gasteiger partial charge < -0.3 is 19.9 Å². The fourth-order valence-corrected chi connectivity index (χ4v) is 4.02. The molecular weight excluding hydrogens is 403 g/mol. The molecule has 31 heavy (non-hydrogen) atoms. The number of halogens is 1. The number of nitrogens with one attached hydrogen (secondary N) is 1. The van der Waals surface area contributed by atoms with E-state index in [-0.39, 0.29) is 17.7 Å². The molecular formula is C22H25FN4O4. The number of amides is 1. The first kappa shape index (κ1) is 21.0. The van der Waals surface area contributed by atoms with Gasteiger partial charge in [-0.2, -0.15) is 0 Å². The van der Waals surface area contributed by atoms with Crippen molar-refractivity contribution >= 4 is 23.0 Å². The van der Waals surface area contributed by atoms with Crippen molar-refractivity contribution in [2.75, 3.05) is 49.5 Å². The summed E-state index contributed by atoms with van der Waals surface area (Å²) in [5, 5.41) is 14.6. The minimum Gasteiger partial charge on any atom is -0.377 e. The van der Waals surface area contributed by atoms with Crippen molar-refractivity contribution in [2.24, 2.45) is 0 Å². The lowest BCUT2D eigenvalue weighted by Gasteiger charge is -2.36. The molecule has 1 amide bonds. The van der Waals surface area contributed by atoms with Gasteiger partial charge in [-0.25, -0.2) is 4.39 Å². The summed E-state index contributed by atoms with van der Waals surface area (Å²) in [5.74, 6) is -0.625. The molecule has 2 heterocycles. The van der Waals surface area contributed by atoms with E-state index in [1.165, 1.54) is 24.3 Å². The Hall–Kier alpha value is -3.20. The average molecular weight is 428 g/mol. The van der Waals surface area contributed by atoms with E-state index in [0.29, 0.717) is 44.0 Å². The third-order valence-electron chi connectivity index (χ3n) is 5.72. The van der Waals surface area contributed by atoms with Gasteiger partial charge in [0.2, 0.25) is 0 Å². The number of ether oxygens (including phenoxy) is 1. The maximum absolute atomic E-state index is 13.4. The molecule has 2 saturated heterocycles. The maximum atomic E-state index is 13.4. The highest BCUT2D eigenvalue weighted by atomic mass is 19.1. The summed E-state index contributed by atoms with van der Waals surface area (Å²) in [4.78, 5) is 27.5. The highest BCUT2D eigenvalue weighted by molar-refractivity contribution is 5.94. The van der Waals surface area contributed by atoms with E-state index >= 15 is 0 Å². The molecule has 0 saturated carbocycles. The summed E-state index contributed by atoms with van der Waals surface area (Å²) in [5.41, 5.74) is 1.70. The minimum atomic E-state index is -0.432. The van der Waals surface area contributed by atoms with Gasteiger partial charge in [-0.15, -0.1) is 0 Å². The van der Waals surface area contributed by atoms with Crippen LogP contribution in [0.3, 0.4) is 0 Å². The minimum absolute atomic E-state index is 0.0293. The van der Waals surface area contributed by atoms with Crippen LogP contribution in [0.2, 0.25) is 0 Å². The summed E-state index contributed by atoms with van der Waals surface area (Å²) in [6.07, 6.45) is 2.02. The van der Waals surface area contributed by atoms with Gasteiger partial charge in [0, 0.05) is 56.6 Å². The first-order valence-corrected chi connectivity index (χ1v) is 10.4. The second kappa shape index (κ2) is 9.30. The van der Waals surface area contributed by atoms with E-state index in [2.05, 4.69) is 10.2 Å². The zero-order valence-corrected chi connectivity index (χ0v) is 17.1. The van der Waals surface area contributed by atoms with Crippen molar-refractivity contribution in [3.8, 4) is 0 Å². The second-order valence-corrected chi connectivity index (χ2v) is 7.76. The average Bonchev–Trinajstić information content (AvgIpc) is 3.31. The summed E-state index contributed by atoms with van der Waals surface area (Å²) < 4.78 is 19.0. The van der Waals surface area contributed by atoms with E-state index in [0.717, 1.165) is 25.1 Å². The molecule has 9 heteroatoms. The molecule has 0 aliphatic carbocycles. The van der Waals surface area contributed by atoms with Crippen LogP contribution in [0.1, 0.15) is 23.2 Å². The molecule has 1 N–H and O–H groups in total. The van der Waals surface area contributed by atoms with E-state index in [1.54, 1.807) is 23.1 Å². The number of hydrogen-bond donors (Lipinski definition) is 1. The quantitative estimate of drug-likeness (QED) is 0.561. The molecule has 1 unspecified atom stereocenters. The van der Waals surface area contributed by atoms with Crippen LogP contribution < -0.4 is 10.2 Å². The van der Waals surface area contributed by atoms with Crippen LogP contribution in [-0.4, -0.2) is 61.2 Å². The van der Waals surface area contributed by atoms with Gasteiger partial charge in [-0.3, -0.25) is 14.9 Å². The number of carbonyl (C=O) groups is 1. The van der Waals surface area contributed by atoms with Gasteiger partial charge in [0.1, 0.15) is 11.5 Å². The Kier molecular flexibility index (Phi) is 6.31. The Morgan fingerprint density at radius 3 is 2.68 bits per heavy atom. The smallest absolute Gasteiger partial charge is 0.292 e. The highest BCUT2D eigenvalue weighted by Gasteiger charge is 2.24. The van der Waals surface area contributed by atoms with Gasteiger partial charge in [0.25, 0.3) is 11.6 Å². The lowest BCUT2D eigenvalue weighted by Crippen LogP contribution is -2.48. The number of nitrogens with zero attached hydrogens (tertiary/aromatic N) is 3. The Bertz CT molecular complexity index is 956. The van der Waals surface area contributed by atoms with Crippen LogP contribution in [0.5, 0.6) is 0 Å². The molecule has 2 fully saturated rings. The molecule has 2 aromatic carbocycles. The number of nitro benzene ring substituents is 1. The third kappa shape index (κ3) is 4.93. The number of nitro groups is 1. The van der Waals surface area contributed by atoms with Gasteiger partial charge in [0.15, 0.2) is 0 Å². The van der Waals surface area contributed by atoms with Crippen molar-refractivity contribution in [1.29, 1.82) is 0 Å². The van der Waals surface area contributed by atoms with Crippen LogP contribution in [0.15, 0.2) is 42.5 Å². The number of piperazine rings is 1. The lowest BCUT2D eigenvalue weighted by atomic mass is 10.1. The van der Waals surface area contributed by atoms with Crippen molar-refractivity contribution in [1.82, 2.24) is 4.90 Å². The maximum Gasteiger partial charge on any atom is 0.292 e. The number of carbonyl (C=O) groups excluding carboxylic acids is 1. The number of anilines is 2. The molecule has 2 aliphatic rings. The second-order valence-electron chi connectivity index (χ2n) is 7.76. The molecule has 1 atom stereocenters. The molecule has 2 aromatic rings. The van der Waals surface area contributed by atoms with Crippen molar-refractivity contribution in [3.63, 3.8) is 0 Å². The van der Waals surface area contributed by atoms with E-state index < -0.39 is 10.7 Å². The van der Waals surface area contributed by atoms with Crippen LogP contribution in [0.4, 0.5) is 21.5 Å². The van der Waals surface area contributed by atoms with Gasteiger partial charge in [0.05, 0.1) is 11.0 Å². The molecule has 0 bridgehead atoms. The van der Waals surface area contributed by atoms with Gasteiger partial charge >= 0.3 is 0 Å². The predicted octanol–water partition coefficient (Wildman–Crippen LogP) is 3.29. The highest BCUT2D eigenvalue weighted by Crippen LogP contribution is 2.30. The molecule has 2 aliphatic heterocycles. The van der Waals surface area contributed by atoms with E-state index in [4.69, 9.17) is 4.74 Å². The van der Waals surface area contributed by atoms with E-state index in [9.17, 15) is 19.3 Å². The summed E-state index contributed by atoms with van der Waals surface area (Å²) in [6, 6.07) is 10.7. The molecule has 164 valence electrons. The standard InChI is InChI=1S/C22H25FN4O4/c23-17-4-1-3-16(13-17)22(28)26-10-8-25(9-11-26)18-6-7-21(27(29)30)20(14-18)24-15-19-5-2-12-31-19/h1,3-4,6-7,13-14,19,24H,2,5,8-12,15H2. The van der Waals surface area contributed by atoms with E-state index in [1.807, 2.05) is 0 Å². The normalized spacial score (nSPS) is 18.8. The topological polar surface area (TPSA) is 88.0 Å². The van der Waals surface area contributed by atoms with Crippen molar-refractivity contribution < 1.29 is 18.8 Å². The number of rotatable bonds is 6. The molecule has 0 aromatic heterocycles. The monoisotopic (exact) mass is 428 g/mol. The predicted molar refractivity (Wildman–Crippen MR) is 115 cm³/mol. The first-order valence-electron chi connectivity index (χ1n) is 10.4. The fourth-order valence-electron chi connectivity index (χ4n) is 4.02. The fraction of sp³-hybridized carbons (Fsp3) is 0.409. The zero-order chi connectivity index (χ0) is 21.8. The van der Waals surface area contributed by atoms with Crippen molar-refractivity contribution in [2.45, 2.75) is 18.9 Å². The molecule has 0 spiro atoms. The van der Waals surface area contributed by atoms with Crippen LogP contribution in [0.25, 0.3) is 0 Å². The summed E-state index contributed by atoms with van der Waals surface area (Å²) in [6.45, 7) is 3.41. The van der Waals surface area contributed by atoms with Gasteiger partial charge in [-0.05, 0) is 43.2 Å². The molecule has 8 nitrogen and oxygen atoms in total. The largest absolute Gasteiger partial charge is 0.377 e. The summed E-state index contributed by atoms with van der Waals surface area (Å²) >= 11 is 0. The Balaban J connectivity index is 1.42. The Labute approximate surface area is 179 Å². The molecule has 0 radical (unpaired) electrons. The number of hydrogen-bond acceptors (Lipinski definition) is 6. The Morgan fingerprint density at radius 2 is 2.00 bits per heavy atom.